The fourth-order valence-corrected chi connectivity index (χ4v) is 3.89. The quantitative estimate of drug-likeness (QED) is 0.359. The average molecular weight is 461 g/mol. The molecule has 0 unspecified atom stereocenters. The molecule has 2 aromatic carbocycles. The molecule has 2 heterocycles. The van der Waals surface area contributed by atoms with E-state index in [0.717, 1.165) is 29.7 Å². The highest BCUT2D eigenvalue weighted by Crippen LogP contribution is 2.32. The minimum atomic E-state index is -0.387. The van der Waals surface area contributed by atoms with Crippen LogP contribution < -0.4 is 15.4 Å². The zero-order valence-electron chi connectivity index (χ0n) is 18.7. The number of nitrogens with zero attached hydrogens (tertiary/aromatic N) is 2. The zero-order valence-corrected chi connectivity index (χ0v) is 18.7. The van der Waals surface area contributed by atoms with Crippen molar-refractivity contribution in [3.8, 4) is 22.8 Å². The Morgan fingerprint density at radius 2 is 2.06 bits per heavy atom. The number of aryl methyl sites for hydroxylation is 1. The van der Waals surface area contributed by atoms with E-state index >= 15 is 0 Å². The van der Waals surface area contributed by atoms with Crippen LogP contribution in [0.1, 0.15) is 28.8 Å². The first-order valence-corrected chi connectivity index (χ1v) is 11.2. The predicted molar refractivity (Wildman–Crippen MR) is 128 cm³/mol. The second kappa shape index (κ2) is 9.15. The predicted octanol–water partition coefficient (Wildman–Crippen LogP) is 4.54. The van der Waals surface area contributed by atoms with E-state index in [4.69, 9.17) is 4.74 Å². The molecule has 1 fully saturated rings. The first kappa shape index (κ1) is 21.9. The molecule has 7 nitrogen and oxygen atoms in total. The van der Waals surface area contributed by atoms with Crippen LogP contribution in [0.2, 0.25) is 0 Å². The summed E-state index contributed by atoms with van der Waals surface area (Å²) in [6.07, 6.45) is 5.62. The zero-order chi connectivity index (χ0) is 23.7. The number of fused-ring (bicyclic) bond motifs is 1. The van der Waals surface area contributed by atoms with Crippen LogP contribution >= 0.6 is 0 Å². The van der Waals surface area contributed by atoms with Crippen LogP contribution in [0.5, 0.6) is 11.5 Å². The number of anilines is 1. The molecule has 1 amide bonds. The maximum absolute atomic E-state index is 13.6. The van der Waals surface area contributed by atoms with Gasteiger partial charge in [-0.05, 0) is 49.6 Å². The third-order valence-corrected chi connectivity index (χ3v) is 5.72. The van der Waals surface area contributed by atoms with Crippen LogP contribution in [0.25, 0.3) is 16.9 Å². The Bertz CT molecular complexity index is 1360. The van der Waals surface area contributed by atoms with Crippen molar-refractivity contribution in [2.45, 2.75) is 25.8 Å². The molecule has 0 spiro atoms. The minimum absolute atomic E-state index is 0.0434. The van der Waals surface area contributed by atoms with Crippen LogP contribution in [0.4, 0.5) is 10.1 Å². The molecule has 0 atom stereocenters. The lowest BCUT2D eigenvalue weighted by atomic mass is 10.0. The summed E-state index contributed by atoms with van der Waals surface area (Å²) in [5.74, 6) is 0.415. The molecule has 0 radical (unpaired) electrons. The van der Waals surface area contributed by atoms with Gasteiger partial charge < -0.3 is 20.5 Å². The highest BCUT2D eigenvalue weighted by molar-refractivity contribution is 5.96. The fraction of sp³-hybridized carbons (Fsp3) is 0.231. The molecular weight excluding hydrogens is 435 g/mol. The second-order valence-corrected chi connectivity index (χ2v) is 8.41. The maximum Gasteiger partial charge on any atom is 0.251 e. The Morgan fingerprint density at radius 3 is 2.79 bits per heavy atom. The maximum atomic E-state index is 13.6. The van der Waals surface area contributed by atoms with Gasteiger partial charge in [0, 0.05) is 35.8 Å². The number of nitrogens with one attached hydrogen (secondary N) is 2. The molecule has 3 N–H and O–H groups in total. The molecule has 0 saturated heterocycles. The number of hydrogen-bond donors (Lipinski definition) is 3. The molecule has 2 aromatic heterocycles. The molecule has 1 aliphatic carbocycles. The van der Waals surface area contributed by atoms with E-state index in [1.165, 1.54) is 12.1 Å². The van der Waals surface area contributed by atoms with E-state index in [1.54, 1.807) is 30.6 Å². The number of carbonyl (C=O) groups is 1. The van der Waals surface area contributed by atoms with Crippen molar-refractivity contribution in [3.05, 3.63) is 77.9 Å². The summed E-state index contributed by atoms with van der Waals surface area (Å²) < 4.78 is 21.4. The largest absolute Gasteiger partial charge is 0.456 e. The van der Waals surface area contributed by atoms with Crippen molar-refractivity contribution >= 4 is 17.2 Å². The Hall–Kier alpha value is -3.91. The van der Waals surface area contributed by atoms with E-state index < -0.39 is 0 Å². The number of aromatic nitrogens is 2. The van der Waals surface area contributed by atoms with Crippen LogP contribution in [0.3, 0.4) is 0 Å². The number of aliphatic hydroxyl groups is 1. The number of pyridine rings is 1. The first-order valence-electron chi connectivity index (χ1n) is 11.2. The summed E-state index contributed by atoms with van der Waals surface area (Å²) in [6.45, 7) is 2.21. The van der Waals surface area contributed by atoms with Gasteiger partial charge in [-0.1, -0.05) is 12.1 Å². The Kier molecular flexibility index (Phi) is 5.90. The van der Waals surface area contributed by atoms with Gasteiger partial charge >= 0.3 is 0 Å². The van der Waals surface area contributed by atoms with Gasteiger partial charge in [-0.25, -0.2) is 9.37 Å². The monoisotopic (exact) mass is 460 g/mol. The lowest BCUT2D eigenvalue weighted by molar-refractivity contribution is 0.0950. The van der Waals surface area contributed by atoms with Gasteiger partial charge in [0.15, 0.2) is 5.65 Å². The molecule has 8 heteroatoms. The normalized spacial score (nSPS) is 13.1. The highest BCUT2D eigenvalue weighted by atomic mass is 19.1. The van der Waals surface area contributed by atoms with Gasteiger partial charge in [0.05, 0.1) is 30.4 Å². The third kappa shape index (κ3) is 4.58. The molecule has 5 rings (SSSR count). The number of rotatable bonds is 8. The number of ether oxygens (including phenoxy) is 1. The van der Waals surface area contributed by atoms with Crippen LogP contribution in [0.15, 0.2) is 60.9 Å². The molecule has 0 aliphatic heterocycles. The van der Waals surface area contributed by atoms with Gasteiger partial charge in [0.2, 0.25) is 0 Å². The van der Waals surface area contributed by atoms with E-state index in [-0.39, 0.29) is 18.3 Å². The first-order chi connectivity index (χ1) is 16.5. The third-order valence-electron chi connectivity index (χ3n) is 5.72. The summed E-state index contributed by atoms with van der Waals surface area (Å²) in [6, 6.07) is 13.7. The summed E-state index contributed by atoms with van der Waals surface area (Å²) in [4.78, 5) is 17.1. The Morgan fingerprint density at radius 1 is 1.21 bits per heavy atom. The molecular formula is C26H25FN4O3. The number of halogens is 1. The average Bonchev–Trinajstić information content (AvgIpc) is 3.52. The summed E-state index contributed by atoms with van der Waals surface area (Å²) in [7, 11) is 0. The van der Waals surface area contributed by atoms with E-state index in [2.05, 4.69) is 15.6 Å². The second-order valence-electron chi connectivity index (χ2n) is 8.41. The van der Waals surface area contributed by atoms with Gasteiger partial charge in [-0.15, -0.1) is 0 Å². The van der Waals surface area contributed by atoms with Gasteiger partial charge in [-0.2, -0.15) is 0 Å². The van der Waals surface area contributed by atoms with E-state index in [0.29, 0.717) is 41.0 Å². The van der Waals surface area contributed by atoms with Crippen molar-refractivity contribution in [1.82, 2.24) is 14.7 Å². The lowest BCUT2D eigenvalue weighted by Crippen LogP contribution is -2.26. The molecule has 0 bridgehead atoms. The number of imidazole rings is 1. The molecule has 1 saturated carbocycles. The highest BCUT2D eigenvalue weighted by Gasteiger charge is 2.24. The summed E-state index contributed by atoms with van der Waals surface area (Å²) >= 11 is 0. The molecule has 4 aromatic rings. The summed E-state index contributed by atoms with van der Waals surface area (Å²) in [5, 5.41) is 15.5. The van der Waals surface area contributed by atoms with E-state index in [9.17, 15) is 14.3 Å². The van der Waals surface area contributed by atoms with Crippen LogP contribution in [-0.2, 0) is 0 Å². The van der Waals surface area contributed by atoms with Crippen LogP contribution in [0, 0.1) is 12.7 Å². The number of aliphatic hydroxyl groups excluding tert-OH is 1. The minimum Gasteiger partial charge on any atom is -0.456 e. The smallest absolute Gasteiger partial charge is 0.251 e. The molecule has 174 valence electrons. The molecule has 1 aliphatic rings. The number of hydrogen-bond acceptors (Lipinski definition) is 5. The lowest BCUT2D eigenvalue weighted by Gasteiger charge is -2.13. The van der Waals surface area contributed by atoms with E-state index in [1.807, 2.05) is 29.5 Å². The van der Waals surface area contributed by atoms with Crippen LogP contribution in [-0.4, -0.2) is 39.6 Å². The summed E-state index contributed by atoms with van der Waals surface area (Å²) in [5.41, 5.74) is 4.56. The van der Waals surface area contributed by atoms with Crippen molar-refractivity contribution in [1.29, 1.82) is 0 Å². The number of benzene rings is 2. The fourth-order valence-electron chi connectivity index (χ4n) is 3.89. The van der Waals surface area contributed by atoms with Gasteiger partial charge in [0.1, 0.15) is 17.3 Å². The molecule has 34 heavy (non-hydrogen) atoms. The Balaban J connectivity index is 1.53. The SMILES string of the molecule is Cc1cc(-c2cnc3c(NCCO)cc(Oc4cccc(F)c4)cn23)ccc1C(=O)NC1CC1. The van der Waals surface area contributed by atoms with Crippen molar-refractivity contribution < 1.29 is 19.0 Å². The van der Waals surface area contributed by atoms with Crippen molar-refractivity contribution in [2.75, 3.05) is 18.5 Å². The van der Waals surface area contributed by atoms with Gasteiger partial charge in [-0.3, -0.25) is 9.20 Å². The van der Waals surface area contributed by atoms with Gasteiger partial charge in [0.25, 0.3) is 5.91 Å². The topological polar surface area (TPSA) is 87.9 Å². The van der Waals surface area contributed by atoms with Crippen molar-refractivity contribution in [2.24, 2.45) is 0 Å². The Labute approximate surface area is 196 Å². The number of carbonyl (C=O) groups excluding carboxylic acids is 1. The van der Waals surface area contributed by atoms with Crippen molar-refractivity contribution in [3.63, 3.8) is 0 Å². The standard InChI is InChI=1S/C26H25FN4O3/c1-16-11-17(5-8-22(16)26(33)30-19-6-7-19)24-14-29-25-23(28-9-10-32)13-21(15-31(24)25)34-20-4-2-3-18(27)12-20/h2-5,8,11-15,19,28,32H,6-7,9-10H2,1H3,(H,30,33). The number of amides is 1.